The summed E-state index contributed by atoms with van der Waals surface area (Å²) in [6.45, 7) is 5.13. The average Bonchev–Trinajstić information content (AvgIpc) is 3.50. The maximum atomic E-state index is 14.5. The molecule has 1 aliphatic carbocycles. The summed E-state index contributed by atoms with van der Waals surface area (Å²) in [5.74, 6) is -0.362. The van der Waals surface area contributed by atoms with Gasteiger partial charge in [-0.25, -0.2) is 8.91 Å². The number of amides is 2. The Kier molecular flexibility index (Phi) is 5.62. The maximum Gasteiger partial charge on any atom is 0.252 e. The lowest BCUT2D eigenvalue weighted by molar-refractivity contribution is -0.122. The highest BCUT2D eigenvalue weighted by Gasteiger charge is 2.29. The number of carbonyl (C=O) groups excluding carboxylic acids is 2. The van der Waals surface area contributed by atoms with Crippen molar-refractivity contribution in [2.24, 2.45) is 11.7 Å². The molecule has 0 spiro atoms. The van der Waals surface area contributed by atoms with Gasteiger partial charge in [0.05, 0.1) is 29.0 Å². The number of nitrogens with two attached hydrogens (primary N) is 1. The van der Waals surface area contributed by atoms with Gasteiger partial charge in [-0.05, 0) is 56.9 Å². The lowest BCUT2D eigenvalue weighted by Gasteiger charge is -2.26. The molecule has 2 heterocycles. The highest BCUT2D eigenvalue weighted by atomic mass is 19.1. The molecule has 0 radical (unpaired) electrons. The van der Waals surface area contributed by atoms with Crippen LogP contribution in [0.1, 0.15) is 49.5 Å². The molecule has 168 valence electrons. The first-order valence-corrected chi connectivity index (χ1v) is 10.8. The second kappa shape index (κ2) is 8.26. The molecule has 1 aliphatic rings. The summed E-state index contributed by atoms with van der Waals surface area (Å²) in [5.41, 5.74) is 8.13. The maximum absolute atomic E-state index is 14.5. The van der Waals surface area contributed by atoms with Crippen LogP contribution in [0.15, 0.2) is 42.7 Å². The number of hydrogen-bond donors (Lipinski definition) is 3. The van der Waals surface area contributed by atoms with Crippen LogP contribution in [0.4, 0.5) is 10.1 Å². The van der Waals surface area contributed by atoms with Crippen molar-refractivity contribution in [2.45, 2.75) is 51.9 Å². The van der Waals surface area contributed by atoms with Crippen LogP contribution in [0.25, 0.3) is 16.6 Å². The number of primary amides is 1. The minimum Gasteiger partial charge on any atom is -0.377 e. The number of alkyl halides is 1. The minimum atomic E-state index is -1.51. The van der Waals surface area contributed by atoms with Crippen LogP contribution in [0.5, 0.6) is 0 Å². The minimum absolute atomic E-state index is 0.105. The molecule has 3 aromatic rings. The van der Waals surface area contributed by atoms with Crippen LogP contribution < -0.4 is 16.4 Å². The zero-order valence-electron chi connectivity index (χ0n) is 18.5. The molecule has 32 heavy (non-hydrogen) atoms. The van der Waals surface area contributed by atoms with Crippen molar-refractivity contribution in [3.63, 3.8) is 0 Å². The van der Waals surface area contributed by atoms with Crippen molar-refractivity contribution in [1.82, 2.24) is 14.9 Å². The van der Waals surface area contributed by atoms with Crippen LogP contribution in [0.2, 0.25) is 0 Å². The fourth-order valence-electron chi connectivity index (χ4n) is 3.48. The van der Waals surface area contributed by atoms with Gasteiger partial charge < -0.3 is 16.4 Å². The number of hydrogen-bond acceptors (Lipinski definition) is 4. The number of nitrogens with one attached hydrogen (secondary N) is 2. The second-order valence-corrected chi connectivity index (χ2v) is 8.98. The lowest BCUT2D eigenvalue weighted by Crippen LogP contribution is -2.36. The van der Waals surface area contributed by atoms with Crippen LogP contribution >= 0.6 is 0 Å². The first-order valence-electron chi connectivity index (χ1n) is 10.8. The first kappa shape index (κ1) is 21.8. The van der Waals surface area contributed by atoms with Crippen molar-refractivity contribution in [3.8, 4) is 11.1 Å². The van der Waals surface area contributed by atoms with E-state index in [1.807, 2.05) is 36.5 Å². The van der Waals surface area contributed by atoms with E-state index in [2.05, 4.69) is 15.7 Å². The number of fused-ring (bicyclic) bond motifs is 1. The number of carbonyl (C=O) groups is 2. The summed E-state index contributed by atoms with van der Waals surface area (Å²) in [4.78, 5) is 23.9. The molecule has 8 heteroatoms. The van der Waals surface area contributed by atoms with Gasteiger partial charge in [-0.2, -0.15) is 5.10 Å². The summed E-state index contributed by atoms with van der Waals surface area (Å²) >= 11 is 0. The SMILES string of the molecule is C[C@@H](Nc1c(C(N)=O)cnn2cc(-c3cccc(CNC(=O)C4CC4)c3)cc12)C(C)(C)F. The molecular formula is C24H28FN5O2. The van der Waals surface area contributed by atoms with Crippen LogP contribution in [0.3, 0.4) is 0 Å². The van der Waals surface area contributed by atoms with Crippen molar-refractivity contribution in [3.05, 3.63) is 53.9 Å². The summed E-state index contributed by atoms with van der Waals surface area (Å²) in [6.07, 6.45) is 5.18. The molecule has 1 aromatic carbocycles. The van der Waals surface area contributed by atoms with Crippen molar-refractivity contribution in [2.75, 3.05) is 5.32 Å². The molecule has 2 aromatic heterocycles. The fraction of sp³-hybridized carbons (Fsp3) is 0.375. The van der Waals surface area contributed by atoms with E-state index in [1.165, 1.54) is 20.0 Å². The topological polar surface area (TPSA) is 102 Å². The van der Waals surface area contributed by atoms with Gasteiger partial charge in [0.25, 0.3) is 5.91 Å². The zero-order chi connectivity index (χ0) is 23.0. The van der Waals surface area contributed by atoms with Crippen molar-refractivity contribution < 1.29 is 14.0 Å². The summed E-state index contributed by atoms with van der Waals surface area (Å²) in [7, 11) is 0. The van der Waals surface area contributed by atoms with Crippen molar-refractivity contribution >= 4 is 23.0 Å². The van der Waals surface area contributed by atoms with Crippen LogP contribution in [0, 0.1) is 5.92 Å². The van der Waals surface area contributed by atoms with Gasteiger partial charge in [-0.1, -0.05) is 18.2 Å². The number of anilines is 1. The molecule has 7 nitrogen and oxygen atoms in total. The molecule has 0 unspecified atom stereocenters. The van der Waals surface area contributed by atoms with Crippen molar-refractivity contribution in [1.29, 1.82) is 0 Å². The van der Waals surface area contributed by atoms with E-state index in [1.54, 1.807) is 11.4 Å². The van der Waals surface area contributed by atoms with E-state index in [0.29, 0.717) is 17.7 Å². The molecule has 4 rings (SSSR count). The smallest absolute Gasteiger partial charge is 0.252 e. The Labute approximate surface area is 186 Å². The Bertz CT molecular complexity index is 1180. The van der Waals surface area contributed by atoms with Gasteiger partial charge in [0.2, 0.25) is 5.91 Å². The summed E-state index contributed by atoms with van der Waals surface area (Å²) in [5, 5.41) is 10.4. The predicted octanol–water partition coefficient (Wildman–Crippen LogP) is 3.67. The number of aromatic nitrogens is 2. The molecule has 1 saturated carbocycles. The highest BCUT2D eigenvalue weighted by molar-refractivity contribution is 6.02. The van der Waals surface area contributed by atoms with Gasteiger partial charge in [0.15, 0.2) is 0 Å². The quantitative estimate of drug-likeness (QED) is 0.500. The third-order valence-corrected chi connectivity index (χ3v) is 5.97. The Balaban J connectivity index is 1.67. The number of halogens is 1. The molecule has 4 N–H and O–H groups in total. The van der Waals surface area contributed by atoms with E-state index < -0.39 is 17.6 Å². The third kappa shape index (κ3) is 4.59. The Morgan fingerprint density at radius 3 is 2.69 bits per heavy atom. The first-order chi connectivity index (χ1) is 15.1. The number of benzene rings is 1. The normalized spacial score (nSPS) is 14.9. The van der Waals surface area contributed by atoms with Gasteiger partial charge in [-0.15, -0.1) is 0 Å². The molecule has 2 amide bonds. The van der Waals surface area contributed by atoms with E-state index in [0.717, 1.165) is 29.5 Å². The monoisotopic (exact) mass is 437 g/mol. The lowest BCUT2D eigenvalue weighted by atomic mass is 10.0. The highest BCUT2D eigenvalue weighted by Crippen LogP contribution is 2.31. The van der Waals surface area contributed by atoms with E-state index in [9.17, 15) is 14.0 Å². The zero-order valence-corrected chi connectivity index (χ0v) is 18.5. The molecule has 0 aliphatic heterocycles. The van der Waals surface area contributed by atoms with Gasteiger partial charge >= 0.3 is 0 Å². The largest absolute Gasteiger partial charge is 0.377 e. The van der Waals surface area contributed by atoms with Gasteiger partial charge in [0.1, 0.15) is 5.67 Å². The van der Waals surface area contributed by atoms with Crippen LogP contribution in [-0.2, 0) is 11.3 Å². The number of nitrogens with zero attached hydrogens (tertiary/aromatic N) is 2. The third-order valence-electron chi connectivity index (χ3n) is 5.97. The molecule has 0 bridgehead atoms. The van der Waals surface area contributed by atoms with Gasteiger partial charge in [-0.3, -0.25) is 9.59 Å². The Morgan fingerprint density at radius 2 is 2.03 bits per heavy atom. The summed E-state index contributed by atoms with van der Waals surface area (Å²) in [6, 6.07) is 9.21. The molecule has 1 fully saturated rings. The Morgan fingerprint density at radius 1 is 1.28 bits per heavy atom. The van der Waals surface area contributed by atoms with E-state index in [4.69, 9.17) is 5.73 Å². The Hall–Kier alpha value is -3.42. The number of rotatable bonds is 8. The van der Waals surface area contributed by atoms with Gasteiger partial charge in [0, 0.05) is 24.2 Å². The molecular weight excluding hydrogens is 409 g/mol. The second-order valence-electron chi connectivity index (χ2n) is 8.98. The van der Waals surface area contributed by atoms with E-state index >= 15 is 0 Å². The van der Waals surface area contributed by atoms with E-state index in [-0.39, 0.29) is 17.4 Å². The summed E-state index contributed by atoms with van der Waals surface area (Å²) < 4.78 is 16.1. The fourth-order valence-corrected chi connectivity index (χ4v) is 3.48. The standard InChI is InChI=1S/C24H28FN5O2/c1-14(24(2,3)25)29-21-19(22(26)31)12-28-30-13-18(10-20(21)30)17-6-4-5-15(9-17)11-27-23(32)16-7-8-16/h4-6,9-10,12-14,16,29H,7-8,11H2,1-3H3,(H2,26,31)(H,27,32)/t14-/m1/s1. The molecule has 1 atom stereocenters. The predicted molar refractivity (Wildman–Crippen MR) is 122 cm³/mol. The average molecular weight is 438 g/mol. The molecule has 0 saturated heterocycles. The van der Waals surface area contributed by atoms with Crippen LogP contribution in [-0.4, -0.2) is 33.1 Å².